The first-order valence-corrected chi connectivity index (χ1v) is 9.39. The van der Waals surface area contributed by atoms with Crippen molar-refractivity contribution in [2.24, 2.45) is 4.99 Å². The maximum Gasteiger partial charge on any atom is 0.191 e. The summed E-state index contributed by atoms with van der Waals surface area (Å²) >= 11 is 0. The number of ether oxygens (including phenoxy) is 1. The standard InChI is InChI=1S/C19H33N5O/c1-3-20-19(22-11-17-25-18-8-5-4-6-9-18)21-10-14-24-13-7-12-23(2)15-16-24/h4-6,8-9H,3,7,10-17H2,1-2H3,(H2,20,21,22). The number of likely N-dealkylation sites (N-methyl/N-ethyl adjacent to an activating group) is 1. The van der Waals surface area contributed by atoms with Gasteiger partial charge in [0.25, 0.3) is 0 Å². The molecule has 1 aliphatic rings. The van der Waals surface area contributed by atoms with Gasteiger partial charge in [0.05, 0.1) is 13.1 Å². The van der Waals surface area contributed by atoms with Crippen LogP contribution in [-0.4, -0.2) is 81.8 Å². The first-order chi connectivity index (χ1) is 12.3. The van der Waals surface area contributed by atoms with Gasteiger partial charge in [0.2, 0.25) is 0 Å². The molecule has 1 heterocycles. The number of rotatable bonds is 8. The molecular weight excluding hydrogens is 314 g/mol. The minimum absolute atomic E-state index is 0.618. The van der Waals surface area contributed by atoms with Crippen molar-refractivity contribution in [1.29, 1.82) is 0 Å². The lowest BCUT2D eigenvalue weighted by atomic mass is 10.3. The Hall–Kier alpha value is -1.79. The third-order valence-electron chi connectivity index (χ3n) is 4.25. The molecule has 0 aliphatic carbocycles. The first-order valence-electron chi connectivity index (χ1n) is 9.39. The highest BCUT2D eigenvalue weighted by atomic mass is 16.5. The third-order valence-corrected chi connectivity index (χ3v) is 4.25. The van der Waals surface area contributed by atoms with E-state index in [0.29, 0.717) is 6.61 Å². The average Bonchev–Trinajstić information content (AvgIpc) is 2.84. The lowest BCUT2D eigenvalue weighted by Gasteiger charge is -2.19. The molecule has 25 heavy (non-hydrogen) atoms. The Morgan fingerprint density at radius 3 is 2.76 bits per heavy atom. The number of para-hydroxylation sites is 1. The predicted octanol–water partition coefficient (Wildman–Crippen LogP) is 1.26. The Kier molecular flexibility index (Phi) is 9.15. The number of hydrogen-bond donors (Lipinski definition) is 2. The smallest absolute Gasteiger partial charge is 0.191 e. The molecular formula is C19H33N5O. The van der Waals surface area contributed by atoms with Gasteiger partial charge in [0, 0.05) is 26.2 Å². The predicted molar refractivity (Wildman–Crippen MR) is 104 cm³/mol. The van der Waals surface area contributed by atoms with Crippen molar-refractivity contribution in [2.75, 3.05) is 66.0 Å². The zero-order valence-electron chi connectivity index (χ0n) is 15.7. The normalized spacial score (nSPS) is 17.1. The van der Waals surface area contributed by atoms with Crippen LogP contribution >= 0.6 is 0 Å². The Morgan fingerprint density at radius 2 is 1.96 bits per heavy atom. The molecule has 0 unspecified atom stereocenters. The summed E-state index contributed by atoms with van der Waals surface area (Å²) in [5.74, 6) is 1.77. The summed E-state index contributed by atoms with van der Waals surface area (Å²) in [5, 5.41) is 6.63. The van der Waals surface area contributed by atoms with E-state index in [2.05, 4.69) is 39.4 Å². The maximum atomic E-state index is 5.70. The maximum absolute atomic E-state index is 5.70. The van der Waals surface area contributed by atoms with E-state index in [1.165, 1.54) is 19.5 Å². The van der Waals surface area contributed by atoms with Gasteiger partial charge in [0.15, 0.2) is 5.96 Å². The highest BCUT2D eigenvalue weighted by molar-refractivity contribution is 5.79. The van der Waals surface area contributed by atoms with Crippen LogP contribution in [0, 0.1) is 0 Å². The molecule has 1 aliphatic heterocycles. The second kappa shape index (κ2) is 11.7. The molecule has 0 amide bonds. The van der Waals surface area contributed by atoms with Crippen LogP contribution in [0.2, 0.25) is 0 Å². The zero-order chi connectivity index (χ0) is 17.7. The number of nitrogens with zero attached hydrogens (tertiary/aromatic N) is 3. The molecule has 2 rings (SSSR count). The summed E-state index contributed by atoms with van der Waals surface area (Å²) in [7, 11) is 2.20. The second-order valence-corrected chi connectivity index (χ2v) is 6.35. The lowest BCUT2D eigenvalue weighted by Crippen LogP contribution is -2.40. The second-order valence-electron chi connectivity index (χ2n) is 6.35. The van der Waals surface area contributed by atoms with Crippen LogP contribution in [-0.2, 0) is 0 Å². The van der Waals surface area contributed by atoms with Gasteiger partial charge in [-0.1, -0.05) is 18.2 Å². The summed E-state index contributed by atoms with van der Waals surface area (Å²) < 4.78 is 5.70. The van der Waals surface area contributed by atoms with Crippen LogP contribution in [0.4, 0.5) is 0 Å². The SMILES string of the molecule is CCNC(=NCCN1CCCN(C)CC1)NCCOc1ccccc1. The molecule has 6 heteroatoms. The first kappa shape index (κ1) is 19.5. The van der Waals surface area contributed by atoms with Crippen LogP contribution in [0.25, 0.3) is 0 Å². The van der Waals surface area contributed by atoms with E-state index in [1.54, 1.807) is 0 Å². The molecule has 0 saturated carbocycles. The Labute approximate surface area is 152 Å². The summed E-state index contributed by atoms with van der Waals surface area (Å²) in [6.45, 7) is 10.8. The zero-order valence-corrected chi connectivity index (χ0v) is 15.7. The van der Waals surface area contributed by atoms with Crippen LogP contribution in [0.1, 0.15) is 13.3 Å². The largest absolute Gasteiger partial charge is 0.492 e. The van der Waals surface area contributed by atoms with Gasteiger partial charge < -0.3 is 25.2 Å². The van der Waals surface area contributed by atoms with Gasteiger partial charge in [0.1, 0.15) is 12.4 Å². The van der Waals surface area contributed by atoms with Crippen LogP contribution in [0.15, 0.2) is 35.3 Å². The average molecular weight is 348 g/mol. The van der Waals surface area contributed by atoms with Gasteiger partial charge >= 0.3 is 0 Å². The van der Waals surface area contributed by atoms with Gasteiger partial charge in [-0.3, -0.25) is 4.99 Å². The minimum atomic E-state index is 0.618. The van der Waals surface area contributed by atoms with Crippen molar-refractivity contribution < 1.29 is 4.74 Å². The molecule has 1 aromatic carbocycles. The van der Waals surface area contributed by atoms with E-state index in [0.717, 1.165) is 51.0 Å². The van der Waals surface area contributed by atoms with Crippen molar-refractivity contribution >= 4 is 5.96 Å². The Balaban J connectivity index is 1.66. The van der Waals surface area contributed by atoms with Gasteiger partial charge in [-0.05, 0) is 45.6 Å². The highest BCUT2D eigenvalue weighted by Gasteiger charge is 2.11. The molecule has 6 nitrogen and oxygen atoms in total. The molecule has 0 bridgehead atoms. The molecule has 2 N–H and O–H groups in total. The summed E-state index contributed by atoms with van der Waals surface area (Å²) in [6, 6.07) is 9.89. The van der Waals surface area contributed by atoms with Crippen LogP contribution < -0.4 is 15.4 Å². The van der Waals surface area contributed by atoms with Crippen LogP contribution in [0.5, 0.6) is 5.75 Å². The van der Waals surface area contributed by atoms with E-state index in [4.69, 9.17) is 4.74 Å². The number of benzene rings is 1. The topological polar surface area (TPSA) is 52.1 Å². The Bertz CT molecular complexity index is 494. The van der Waals surface area contributed by atoms with Gasteiger partial charge in [-0.15, -0.1) is 0 Å². The number of guanidine groups is 1. The fraction of sp³-hybridized carbons (Fsp3) is 0.632. The van der Waals surface area contributed by atoms with E-state index < -0.39 is 0 Å². The molecule has 1 fully saturated rings. The Morgan fingerprint density at radius 1 is 1.12 bits per heavy atom. The number of nitrogens with one attached hydrogen (secondary N) is 2. The molecule has 1 saturated heterocycles. The quantitative estimate of drug-likeness (QED) is 0.421. The summed E-state index contributed by atoms with van der Waals surface area (Å²) in [6.07, 6.45) is 1.25. The monoisotopic (exact) mass is 347 g/mol. The fourth-order valence-corrected chi connectivity index (χ4v) is 2.82. The molecule has 0 atom stereocenters. The molecule has 0 radical (unpaired) electrons. The molecule has 1 aromatic rings. The fourth-order valence-electron chi connectivity index (χ4n) is 2.82. The number of hydrogen-bond acceptors (Lipinski definition) is 4. The van der Waals surface area contributed by atoms with E-state index in [-0.39, 0.29) is 0 Å². The minimum Gasteiger partial charge on any atom is -0.492 e. The molecule has 140 valence electrons. The van der Waals surface area contributed by atoms with Crippen molar-refractivity contribution in [3.05, 3.63) is 30.3 Å². The highest BCUT2D eigenvalue weighted by Crippen LogP contribution is 2.07. The third kappa shape index (κ3) is 8.23. The van der Waals surface area contributed by atoms with Crippen LogP contribution in [0.3, 0.4) is 0 Å². The van der Waals surface area contributed by atoms with Crippen molar-refractivity contribution in [2.45, 2.75) is 13.3 Å². The molecule has 0 spiro atoms. The summed E-state index contributed by atoms with van der Waals surface area (Å²) in [5.41, 5.74) is 0. The van der Waals surface area contributed by atoms with Crippen molar-refractivity contribution in [3.63, 3.8) is 0 Å². The van der Waals surface area contributed by atoms with Gasteiger partial charge in [-0.2, -0.15) is 0 Å². The van der Waals surface area contributed by atoms with Crippen molar-refractivity contribution in [3.8, 4) is 5.75 Å². The van der Waals surface area contributed by atoms with Crippen molar-refractivity contribution in [1.82, 2.24) is 20.4 Å². The van der Waals surface area contributed by atoms with E-state index in [9.17, 15) is 0 Å². The van der Waals surface area contributed by atoms with E-state index >= 15 is 0 Å². The molecule has 0 aromatic heterocycles. The number of aliphatic imine (C=N–C) groups is 1. The lowest BCUT2D eigenvalue weighted by molar-refractivity contribution is 0.283. The van der Waals surface area contributed by atoms with E-state index in [1.807, 2.05) is 30.3 Å². The van der Waals surface area contributed by atoms with Gasteiger partial charge in [-0.25, -0.2) is 0 Å². The summed E-state index contributed by atoms with van der Waals surface area (Å²) in [4.78, 5) is 9.60.